The first kappa shape index (κ1) is 23.5. The second-order valence-electron chi connectivity index (χ2n) is 7.80. The maximum atomic E-state index is 13.4. The molecule has 0 radical (unpaired) electrons. The molecule has 1 aromatic carbocycles. The summed E-state index contributed by atoms with van der Waals surface area (Å²) in [7, 11) is 1.68. The van der Waals surface area contributed by atoms with E-state index in [0.717, 1.165) is 31.4 Å². The van der Waals surface area contributed by atoms with E-state index in [1.807, 2.05) is 30.3 Å². The average molecular weight is 443 g/mol. The zero-order valence-electron chi connectivity index (χ0n) is 17.4. The molecular formula is C21H28F3N3O4. The second kappa shape index (κ2) is 10.4. The molecule has 2 fully saturated rings. The van der Waals surface area contributed by atoms with Gasteiger partial charge < -0.3 is 19.7 Å². The van der Waals surface area contributed by atoms with Gasteiger partial charge in [0.1, 0.15) is 0 Å². The van der Waals surface area contributed by atoms with Crippen molar-refractivity contribution in [2.75, 3.05) is 38.2 Å². The predicted octanol–water partition coefficient (Wildman–Crippen LogP) is 2.31. The molecule has 1 amide bonds. The highest BCUT2D eigenvalue weighted by Gasteiger charge is 2.44. The van der Waals surface area contributed by atoms with E-state index in [0.29, 0.717) is 13.1 Å². The number of nitrogens with zero attached hydrogens (tertiary/aromatic N) is 2. The molecule has 1 atom stereocenters. The zero-order valence-corrected chi connectivity index (χ0v) is 17.4. The Bertz CT molecular complexity index is 739. The van der Waals surface area contributed by atoms with Gasteiger partial charge in [-0.2, -0.15) is 13.2 Å². The molecule has 3 rings (SSSR count). The second-order valence-corrected chi connectivity index (χ2v) is 7.80. The van der Waals surface area contributed by atoms with Gasteiger partial charge in [-0.25, -0.2) is 4.79 Å². The van der Waals surface area contributed by atoms with E-state index in [9.17, 15) is 22.8 Å². The third-order valence-corrected chi connectivity index (χ3v) is 5.76. The Kier molecular flexibility index (Phi) is 7.90. The summed E-state index contributed by atoms with van der Waals surface area (Å²) in [6.07, 6.45) is -2.87. The van der Waals surface area contributed by atoms with Crippen LogP contribution in [-0.4, -0.2) is 74.6 Å². The van der Waals surface area contributed by atoms with Crippen LogP contribution in [0.5, 0.6) is 0 Å². The van der Waals surface area contributed by atoms with Crippen LogP contribution < -0.4 is 10.2 Å². The summed E-state index contributed by atoms with van der Waals surface area (Å²) in [5, 5.41) is 2.91. The van der Waals surface area contributed by atoms with Crippen molar-refractivity contribution >= 4 is 17.6 Å². The smallest absolute Gasteiger partial charge is 0.438 e. The predicted molar refractivity (Wildman–Crippen MR) is 107 cm³/mol. The first-order valence-corrected chi connectivity index (χ1v) is 10.4. The monoisotopic (exact) mass is 443 g/mol. The largest absolute Gasteiger partial charge is 0.490 e. The highest BCUT2D eigenvalue weighted by molar-refractivity contribution is 5.95. The van der Waals surface area contributed by atoms with Crippen molar-refractivity contribution in [3.63, 3.8) is 0 Å². The standard InChI is InChI=1S/C21H28F3N3O4/c1-30-17-9-7-16(8-10-17)27(15-5-3-2-4-6-15)18(28)14-26-12-11-25-13-19(26)31-20(29)21(22,23)24/h2-6,16-17,19,25H,7-14H2,1H3. The highest BCUT2D eigenvalue weighted by atomic mass is 19.4. The van der Waals surface area contributed by atoms with Gasteiger partial charge in [0.05, 0.1) is 12.6 Å². The van der Waals surface area contributed by atoms with E-state index >= 15 is 0 Å². The van der Waals surface area contributed by atoms with Gasteiger partial charge >= 0.3 is 12.1 Å². The zero-order chi connectivity index (χ0) is 22.4. The van der Waals surface area contributed by atoms with E-state index in [-0.39, 0.29) is 31.1 Å². The van der Waals surface area contributed by atoms with Gasteiger partial charge in [0, 0.05) is 38.5 Å². The molecular weight excluding hydrogens is 415 g/mol. The molecule has 1 aliphatic carbocycles. The number of halogens is 3. The van der Waals surface area contributed by atoms with Crippen molar-refractivity contribution in [1.82, 2.24) is 10.2 Å². The summed E-state index contributed by atoms with van der Waals surface area (Å²) >= 11 is 0. The molecule has 1 aromatic rings. The number of ether oxygens (including phenoxy) is 2. The van der Waals surface area contributed by atoms with E-state index in [1.165, 1.54) is 4.90 Å². The van der Waals surface area contributed by atoms with Gasteiger partial charge in [-0.3, -0.25) is 9.69 Å². The Labute approximate surface area is 179 Å². The molecule has 1 aliphatic heterocycles. The summed E-state index contributed by atoms with van der Waals surface area (Å²) in [5.41, 5.74) is 0.743. The minimum Gasteiger partial charge on any atom is -0.438 e. The van der Waals surface area contributed by atoms with E-state index in [2.05, 4.69) is 10.1 Å². The van der Waals surface area contributed by atoms with Gasteiger partial charge in [-0.15, -0.1) is 0 Å². The Morgan fingerprint density at radius 2 is 1.84 bits per heavy atom. The van der Waals surface area contributed by atoms with Gasteiger partial charge in [-0.1, -0.05) is 18.2 Å². The number of rotatable bonds is 6. The maximum absolute atomic E-state index is 13.4. The third kappa shape index (κ3) is 6.18. The number of anilines is 1. The summed E-state index contributed by atoms with van der Waals surface area (Å²) in [4.78, 5) is 27.9. The summed E-state index contributed by atoms with van der Waals surface area (Å²) in [6.45, 7) is 0.661. The van der Waals surface area contributed by atoms with Crippen molar-refractivity contribution in [1.29, 1.82) is 0 Å². The van der Waals surface area contributed by atoms with Crippen LogP contribution in [0.25, 0.3) is 0 Å². The lowest BCUT2D eigenvalue weighted by molar-refractivity contribution is -0.213. The molecule has 2 aliphatic rings. The number of amides is 1. The summed E-state index contributed by atoms with van der Waals surface area (Å²) < 4.78 is 48.0. The number of hydrogen-bond donors (Lipinski definition) is 1. The average Bonchev–Trinajstić information content (AvgIpc) is 2.76. The van der Waals surface area contributed by atoms with Crippen LogP contribution in [0, 0.1) is 0 Å². The first-order chi connectivity index (χ1) is 14.8. The molecule has 1 N–H and O–H groups in total. The molecule has 1 saturated heterocycles. The lowest BCUT2D eigenvalue weighted by Gasteiger charge is -2.39. The van der Waals surface area contributed by atoms with Gasteiger partial charge in [0.25, 0.3) is 0 Å². The van der Waals surface area contributed by atoms with Crippen LogP contribution in [0.3, 0.4) is 0 Å². The highest BCUT2D eigenvalue weighted by Crippen LogP contribution is 2.29. The number of esters is 1. The Balaban J connectivity index is 1.73. The molecule has 1 saturated carbocycles. The van der Waals surface area contributed by atoms with Crippen LogP contribution in [0.1, 0.15) is 25.7 Å². The van der Waals surface area contributed by atoms with E-state index in [4.69, 9.17) is 4.74 Å². The Hall–Kier alpha value is -2.17. The number of para-hydroxylation sites is 1. The van der Waals surface area contributed by atoms with Crippen LogP contribution >= 0.6 is 0 Å². The molecule has 31 heavy (non-hydrogen) atoms. The van der Waals surface area contributed by atoms with Crippen molar-refractivity contribution in [2.45, 2.75) is 50.2 Å². The van der Waals surface area contributed by atoms with Crippen LogP contribution in [0.4, 0.5) is 18.9 Å². The Morgan fingerprint density at radius 3 is 2.45 bits per heavy atom. The fraction of sp³-hybridized carbons (Fsp3) is 0.619. The van der Waals surface area contributed by atoms with Crippen LogP contribution in [-0.2, 0) is 19.1 Å². The summed E-state index contributed by atoms with van der Waals surface area (Å²) in [5.74, 6) is -2.49. The van der Waals surface area contributed by atoms with Crippen molar-refractivity contribution in [3.8, 4) is 0 Å². The quantitative estimate of drug-likeness (QED) is 0.681. The van der Waals surface area contributed by atoms with Crippen molar-refractivity contribution in [2.24, 2.45) is 0 Å². The molecule has 0 bridgehead atoms. The molecule has 7 nitrogen and oxygen atoms in total. The number of alkyl halides is 3. The van der Waals surface area contributed by atoms with Crippen molar-refractivity contribution < 1.29 is 32.2 Å². The number of hydrogen-bond acceptors (Lipinski definition) is 6. The van der Waals surface area contributed by atoms with Crippen molar-refractivity contribution in [3.05, 3.63) is 30.3 Å². The molecule has 172 valence electrons. The number of methoxy groups -OCH3 is 1. The maximum Gasteiger partial charge on any atom is 0.490 e. The number of piperazine rings is 1. The van der Waals surface area contributed by atoms with E-state index in [1.54, 1.807) is 12.0 Å². The molecule has 10 heteroatoms. The SMILES string of the molecule is COC1CCC(N(C(=O)CN2CCNCC2OC(=O)C(F)(F)F)c2ccccc2)CC1. The normalized spacial score (nSPS) is 25.1. The molecule has 0 aromatic heterocycles. The molecule has 0 spiro atoms. The Morgan fingerprint density at radius 1 is 1.16 bits per heavy atom. The fourth-order valence-corrected chi connectivity index (χ4v) is 4.14. The number of benzene rings is 1. The lowest BCUT2D eigenvalue weighted by atomic mass is 9.91. The number of carbonyl (C=O) groups is 2. The first-order valence-electron chi connectivity index (χ1n) is 10.4. The number of carbonyl (C=O) groups excluding carboxylic acids is 2. The van der Waals surface area contributed by atoms with E-state index < -0.39 is 18.4 Å². The van der Waals surface area contributed by atoms with Gasteiger partial charge in [-0.05, 0) is 37.8 Å². The van der Waals surface area contributed by atoms with Crippen LogP contribution in [0.15, 0.2) is 30.3 Å². The van der Waals surface area contributed by atoms with Gasteiger partial charge in [0.15, 0.2) is 6.23 Å². The van der Waals surface area contributed by atoms with Gasteiger partial charge in [0.2, 0.25) is 5.91 Å². The van der Waals surface area contributed by atoms with Crippen LogP contribution in [0.2, 0.25) is 0 Å². The minimum absolute atomic E-state index is 0.0272. The molecule has 1 unspecified atom stereocenters. The molecule has 1 heterocycles. The minimum atomic E-state index is -5.08. The topological polar surface area (TPSA) is 71.1 Å². The third-order valence-electron chi connectivity index (χ3n) is 5.76. The fourth-order valence-electron chi connectivity index (χ4n) is 4.14. The number of nitrogens with one attached hydrogen (secondary N) is 1. The lowest BCUT2D eigenvalue weighted by Crippen LogP contribution is -2.57. The summed E-state index contributed by atoms with van der Waals surface area (Å²) in [6, 6.07) is 9.21.